The SMILES string of the molecule is Cc1ccccc1SCc1sccc1C#CCCO. The van der Waals surface area contributed by atoms with Crippen molar-refractivity contribution in [3.63, 3.8) is 0 Å². The third-order valence-corrected chi connectivity index (χ3v) is 4.96. The van der Waals surface area contributed by atoms with Gasteiger partial charge in [0, 0.05) is 27.5 Å². The van der Waals surface area contributed by atoms with Crippen molar-refractivity contribution in [2.75, 3.05) is 6.61 Å². The minimum Gasteiger partial charge on any atom is -0.395 e. The van der Waals surface area contributed by atoms with Crippen molar-refractivity contribution in [1.29, 1.82) is 0 Å². The van der Waals surface area contributed by atoms with Crippen molar-refractivity contribution in [2.24, 2.45) is 0 Å². The van der Waals surface area contributed by atoms with E-state index in [9.17, 15) is 0 Å². The van der Waals surface area contributed by atoms with Crippen LogP contribution < -0.4 is 0 Å². The molecule has 2 aromatic rings. The summed E-state index contributed by atoms with van der Waals surface area (Å²) in [4.78, 5) is 2.63. The minimum atomic E-state index is 0.129. The molecule has 98 valence electrons. The molecular formula is C16H16OS2. The lowest BCUT2D eigenvalue weighted by Crippen LogP contribution is -1.83. The lowest BCUT2D eigenvalue weighted by Gasteiger charge is -2.04. The standard InChI is InChI=1S/C16H16OS2/c1-13-6-2-3-8-15(13)19-12-16-14(9-11-18-16)7-4-5-10-17/h2-3,6,8-9,11,17H,5,10,12H2,1H3. The maximum absolute atomic E-state index is 8.74. The zero-order valence-corrected chi connectivity index (χ0v) is 12.5. The van der Waals surface area contributed by atoms with Gasteiger partial charge in [-0.1, -0.05) is 30.0 Å². The summed E-state index contributed by atoms with van der Waals surface area (Å²) in [7, 11) is 0. The van der Waals surface area contributed by atoms with E-state index in [1.807, 2.05) is 11.8 Å². The Bertz CT molecular complexity index is 590. The highest BCUT2D eigenvalue weighted by molar-refractivity contribution is 7.98. The molecule has 0 bridgehead atoms. The molecule has 0 amide bonds. The maximum Gasteiger partial charge on any atom is 0.0540 e. The van der Waals surface area contributed by atoms with E-state index in [1.165, 1.54) is 15.3 Å². The van der Waals surface area contributed by atoms with E-state index in [2.05, 4.69) is 54.5 Å². The van der Waals surface area contributed by atoms with Crippen LogP contribution in [0.15, 0.2) is 40.6 Å². The first-order valence-corrected chi connectivity index (χ1v) is 8.02. The third-order valence-electron chi connectivity index (χ3n) is 2.66. The third kappa shape index (κ3) is 4.14. The molecule has 1 nitrogen and oxygen atoms in total. The van der Waals surface area contributed by atoms with Crippen LogP contribution >= 0.6 is 23.1 Å². The molecule has 0 aliphatic rings. The number of rotatable bonds is 4. The van der Waals surface area contributed by atoms with Gasteiger partial charge in [0.05, 0.1) is 6.61 Å². The van der Waals surface area contributed by atoms with Crippen LogP contribution in [-0.2, 0) is 5.75 Å². The molecule has 0 atom stereocenters. The van der Waals surface area contributed by atoms with Crippen LogP contribution in [0.5, 0.6) is 0 Å². The van der Waals surface area contributed by atoms with Gasteiger partial charge in [-0.3, -0.25) is 0 Å². The number of benzene rings is 1. The van der Waals surface area contributed by atoms with Gasteiger partial charge >= 0.3 is 0 Å². The number of aliphatic hydroxyl groups is 1. The molecule has 1 N–H and O–H groups in total. The second kappa shape index (κ2) is 7.40. The molecule has 0 aliphatic carbocycles. The number of hydrogen-bond acceptors (Lipinski definition) is 3. The molecule has 1 heterocycles. The second-order valence-electron chi connectivity index (χ2n) is 4.09. The van der Waals surface area contributed by atoms with E-state index >= 15 is 0 Å². The summed E-state index contributed by atoms with van der Waals surface area (Å²) in [6, 6.07) is 10.5. The van der Waals surface area contributed by atoms with Gasteiger partial charge in [0.25, 0.3) is 0 Å². The summed E-state index contributed by atoms with van der Waals surface area (Å²) in [5.74, 6) is 7.07. The molecule has 1 aromatic carbocycles. The molecule has 3 heteroatoms. The van der Waals surface area contributed by atoms with Crippen molar-refractivity contribution in [2.45, 2.75) is 24.0 Å². The number of aliphatic hydroxyl groups excluding tert-OH is 1. The summed E-state index contributed by atoms with van der Waals surface area (Å²) >= 11 is 3.60. The molecule has 0 radical (unpaired) electrons. The first-order chi connectivity index (χ1) is 9.31. The van der Waals surface area contributed by atoms with Crippen LogP contribution in [0.4, 0.5) is 0 Å². The molecule has 0 saturated heterocycles. The molecule has 0 spiro atoms. The van der Waals surface area contributed by atoms with E-state index in [-0.39, 0.29) is 6.61 Å². The highest BCUT2D eigenvalue weighted by atomic mass is 32.2. The summed E-state index contributed by atoms with van der Waals surface area (Å²) in [6.45, 7) is 2.27. The fraction of sp³-hybridized carbons (Fsp3) is 0.250. The second-order valence-corrected chi connectivity index (χ2v) is 6.10. The van der Waals surface area contributed by atoms with Crippen molar-refractivity contribution in [3.8, 4) is 11.8 Å². The van der Waals surface area contributed by atoms with Crippen molar-refractivity contribution < 1.29 is 5.11 Å². The summed E-state index contributed by atoms with van der Waals surface area (Å²) in [6.07, 6.45) is 0.542. The molecule has 0 fully saturated rings. The quantitative estimate of drug-likeness (QED) is 0.675. The van der Waals surface area contributed by atoms with Crippen LogP contribution in [0.2, 0.25) is 0 Å². The summed E-state index contributed by atoms with van der Waals surface area (Å²) in [5.41, 5.74) is 2.41. The van der Waals surface area contributed by atoms with E-state index < -0.39 is 0 Å². The number of thiophene rings is 1. The van der Waals surface area contributed by atoms with Crippen LogP contribution in [0.3, 0.4) is 0 Å². The zero-order valence-electron chi connectivity index (χ0n) is 10.8. The van der Waals surface area contributed by atoms with Crippen LogP contribution in [0, 0.1) is 18.8 Å². The predicted octanol–water partition coefficient (Wildman–Crippen LogP) is 4.08. The van der Waals surface area contributed by atoms with Gasteiger partial charge in [-0.05, 0) is 30.0 Å². The number of thioether (sulfide) groups is 1. The Balaban J connectivity index is 2.03. The van der Waals surface area contributed by atoms with Gasteiger partial charge in [-0.15, -0.1) is 23.1 Å². The normalized spacial score (nSPS) is 10.0. The Kier molecular flexibility index (Phi) is 5.53. The number of aryl methyl sites for hydroxylation is 1. The fourth-order valence-electron chi connectivity index (χ4n) is 1.64. The highest BCUT2D eigenvalue weighted by Crippen LogP contribution is 2.29. The maximum atomic E-state index is 8.74. The Morgan fingerprint density at radius 1 is 1.26 bits per heavy atom. The first kappa shape index (κ1) is 14.2. The Morgan fingerprint density at radius 2 is 2.11 bits per heavy atom. The topological polar surface area (TPSA) is 20.2 Å². The molecular weight excluding hydrogens is 272 g/mol. The van der Waals surface area contributed by atoms with Gasteiger partial charge in [-0.25, -0.2) is 0 Å². The summed E-state index contributed by atoms with van der Waals surface area (Å²) in [5, 5.41) is 10.8. The smallest absolute Gasteiger partial charge is 0.0540 e. The van der Waals surface area contributed by atoms with E-state index in [0.29, 0.717) is 6.42 Å². The van der Waals surface area contributed by atoms with Crippen molar-refractivity contribution >= 4 is 23.1 Å². The number of hydrogen-bond donors (Lipinski definition) is 1. The average molecular weight is 288 g/mol. The van der Waals surface area contributed by atoms with Gasteiger partial charge < -0.3 is 5.11 Å². The van der Waals surface area contributed by atoms with E-state index in [4.69, 9.17) is 5.11 Å². The highest BCUT2D eigenvalue weighted by Gasteiger charge is 2.04. The first-order valence-electron chi connectivity index (χ1n) is 6.16. The van der Waals surface area contributed by atoms with Gasteiger partial charge in [0.1, 0.15) is 0 Å². The van der Waals surface area contributed by atoms with E-state index in [1.54, 1.807) is 11.3 Å². The molecule has 1 aromatic heterocycles. The summed E-state index contributed by atoms with van der Waals surface area (Å²) < 4.78 is 0. The monoisotopic (exact) mass is 288 g/mol. The van der Waals surface area contributed by atoms with Gasteiger partial charge in [-0.2, -0.15) is 0 Å². The van der Waals surface area contributed by atoms with Gasteiger partial charge in [0.15, 0.2) is 0 Å². The Hall–Kier alpha value is -1.21. The molecule has 0 unspecified atom stereocenters. The molecule has 2 rings (SSSR count). The minimum absolute atomic E-state index is 0.129. The lowest BCUT2D eigenvalue weighted by atomic mass is 10.2. The van der Waals surface area contributed by atoms with Crippen LogP contribution in [0.25, 0.3) is 0 Å². The molecule has 19 heavy (non-hydrogen) atoms. The van der Waals surface area contributed by atoms with Crippen molar-refractivity contribution in [1.82, 2.24) is 0 Å². The zero-order chi connectivity index (χ0) is 13.5. The largest absolute Gasteiger partial charge is 0.395 e. The Morgan fingerprint density at radius 3 is 2.89 bits per heavy atom. The van der Waals surface area contributed by atoms with Crippen LogP contribution in [0.1, 0.15) is 22.4 Å². The van der Waals surface area contributed by atoms with Gasteiger partial charge in [0.2, 0.25) is 0 Å². The Labute approximate surface area is 122 Å². The average Bonchev–Trinajstić information content (AvgIpc) is 2.86. The molecule has 0 aliphatic heterocycles. The predicted molar refractivity (Wildman–Crippen MR) is 83.6 cm³/mol. The molecule has 0 saturated carbocycles. The van der Waals surface area contributed by atoms with Crippen molar-refractivity contribution in [3.05, 3.63) is 51.7 Å². The van der Waals surface area contributed by atoms with Crippen LogP contribution in [-0.4, -0.2) is 11.7 Å². The fourth-order valence-corrected chi connectivity index (χ4v) is 3.62. The lowest BCUT2D eigenvalue weighted by molar-refractivity contribution is 0.305. The van der Waals surface area contributed by atoms with E-state index in [0.717, 1.165) is 11.3 Å².